The minimum Gasteiger partial charge on any atom is -0.326 e. The van der Waals surface area contributed by atoms with Crippen LogP contribution in [-0.2, 0) is 4.79 Å². The van der Waals surface area contributed by atoms with Crippen molar-refractivity contribution in [3.8, 4) is 0 Å². The van der Waals surface area contributed by atoms with E-state index in [9.17, 15) is 4.79 Å². The van der Waals surface area contributed by atoms with E-state index in [2.05, 4.69) is 20.6 Å². The van der Waals surface area contributed by atoms with E-state index in [1.165, 1.54) is 11.3 Å². The Hall–Kier alpha value is -1.93. The van der Waals surface area contributed by atoms with E-state index < -0.39 is 0 Å². The summed E-state index contributed by atoms with van der Waals surface area (Å²) in [5.41, 5.74) is 1.93. The fraction of sp³-hybridized carbons (Fsp3) is 0.231. The first-order valence-electron chi connectivity index (χ1n) is 6.37. The molecule has 8 heteroatoms. The summed E-state index contributed by atoms with van der Waals surface area (Å²) in [6, 6.07) is 7.75. The molecule has 0 radical (unpaired) electrons. The number of rotatable bonds is 5. The normalized spacial score (nSPS) is 10.9. The number of thioether (sulfide) groups is 1. The minimum absolute atomic E-state index is 0.0137. The van der Waals surface area contributed by atoms with Crippen LogP contribution in [0.3, 0.4) is 0 Å². The molecule has 3 rings (SSSR count). The van der Waals surface area contributed by atoms with Crippen molar-refractivity contribution in [1.29, 1.82) is 0 Å². The molecule has 3 aromatic rings. The molecule has 0 saturated carbocycles. The molecule has 0 saturated heterocycles. The lowest BCUT2D eigenvalue weighted by Gasteiger charge is -2.07. The molecule has 0 spiro atoms. The summed E-state index contributed by atoms with van der Waals surface area (Å²) in [5, 5.41) is 14.9. The topological polar surface area (TPSA) is 72.2 Å². The quantitative estimate of drug-likeness (QED) is 0.732. The lowest BCUT2D eigenvalue weighted by molar-refractivity contribution is -0.115. The Kier molecular flexibility index (Phi) is 4.16. The number of nitrogens with zero attached hydrogens (tertiary/aromatic N) is 4. The molecule has 2 aromatic heterocycles. The third-order valence-corrected chi connectivity index (χ3v) is 4.89. The Morgan fingerprint density at radius 2 is 2.29 bits per heavy atom. The molecule has 21 heavy (non-hydrogen) atoms. The van der Waals surface area contributed by atoms with Crippen LogP contribution in [-0.4, -0.2) is 31.5 Å². The van der Waals surface area contributed by atoms with Crippen LogP contribution < -0.4 is 5.32 Å². The van der Waals surface area contributed by atoms with Gasteiger partial charge in [0, 0.05) is 17.9 Å². The number of nitrogens with one attached hydrogen (secondary N) is 1. The van der Waals surface area contributed by atoms with Gasteiger partial charge < -0.3 is 5.32 Å². The lowest BCUT2D eigenvalue weighted by Crippen LogP contribution is -2.12. The van der Waals surface area contributed by atoms with E-state index in [1.807, 2.05) is 31.2 Å². The first-order valence-corrected chi connectivity index (χ1v) is 8.18. The number of carbonyl (C=O) groups is 1. The smallest absolute Gasteiger partial charge is 0.235 e. The lowest BCUT2D eigenvalue weighted by atomic mass is 10.2. The highest BCUT2D eigenvalue weighted by Gasteiger charge is 2.08. The van der Waals surface area contributed by atoms with Crippen molar-refractivity contribution in [3.05, 3.63) is 36.2 Å². The van der Waals surface area contributed by atoms with Gasteiger partial charge in [-0.25, -0.2) is 0 Å². The third kappa shape index (κ3) is 3.40. The van der Waals surface area contributed by atoms with Crippen molar-refractivity contribution in [1.82, 2.24) is 19.8 Å². The molecule has 0 aliphatic heterocycles. The number of aromatic nitrogens is 4. The molecule has 108 valence electrons. The number of hydrogen-bond acceptors (Lipinski definition) is 6. The second-order valence-corrected chi connectivity index (χ2v) is 6.69. The van der Waals surface area contributed by atoms with Crippen molar-refractivity contribution in [2.24, 2.45) is 0 Å². The summed E-state index contributed by atoms with van der Waals surface area (Å²) in [5.74, 6) is 0.696. The zero-order chi connectivity index (χ0) is 14.7. The number of carbonyl (C=O) groups excluding carboxylic acids is 1. The van der Waals surface area contributed by atoms with E-state index >= 15 is 0 Å². The van der Waals surface area contributed by atoms with Crippen molar-refractivity contribution in [2.45, 2.75) is 17.7 Å². The van der Waals surface area contributed by atoms with Gasteiger partial charge in [0.05, 0.1) is 0 Å². The zero-order valence-corrected chi connectivity index (χ0v) is 12.9. The van der Waals surface area contributed by atoms with E-state index in [0.717, 1.165) is 20.6 Å². The fourth-order valence-corrected chi connectivity index (χ4v) is 3.63. The molecule has 0 bridgehead atoms. The number of benzene rings is 1. The van der Waals surface area contributed by atoms with Gasteiger partial charge in [-0.05, 0) is 18.6 Å². The number of amides is 1. The summed E-state index contributed by atoms with van der Waals surface area (Å²) in [6.07, 6.45) is 2.01. The van der Waals surface area contributed by atoms with Gasteiger partial charge in [-0.1, -0.05) is 41.3 Å². The highest BCUT2D eigenvalue weighted by molar-refractivity contribution is 8.01. The van der Waals surface area contributed by atoms with Crippen LogP contribution in [0, 0.1) is 6.92 Å². The summed E-state index contributed by atoms with van der Waals surface area (Å²) in [4.78, 5) is 12.7. The predicted octanol–water partition coefficient (Wildman–Crippen LogP) is 2.62. The second-order valence-electron chi connectivity index (χ2n) is 4.39. The van der Waals surface area contributed by atoms with Gasteiger partial charge in [-0.15, -0.1) is 15.3 Å². The number of para-hydroxylation sites is 1. The number of aryl methyl sites for hydroxylation is 1. The van der Waals surface area contributed by atoms with Crippen LogP contribution in [0.1, 0.15) is 12.0 Å². The molecule has 0 atom stereocenters. The number of hydrogen-bond donors (Lipinski definition) is 1. The van der Waals surface area contributed by atoms with Gasteiger partial charge in [0.15, 0.2) is 4.34 Å². The third-order valence-electron chi connectivity index (χ3n) is 2.84. The molecule has 0 fully saturated rings. The van der Waals surface area contributed by atoms with E-state index in [0.29, 0.717) is 12.2 Å². The molecular weight excluding hydrogens is 306 g/mol. The van der Waals surface area contributed by atoms with Crippen molar-refractivity contribution < 1.29 is 4.79 Å². The summed E-state index contributed by atoms with van der Waals surface area (Å²) >= 11 is 3.02. The second kappa shape index (κ2) is 6.23. The SMILES string of the molecule is Cc1ccccc1NC(=O)CCSc1nn2cnnc2s1. The molecule has 6 nitrogen and oxygen atoms in total. The zero-order valence-electron chi connectivity index (χ0n) is 11.3. The summed E-state index contributed by atoms with van der Waals surface area (Å²) in [7, 11) is 0. The van der Waals surface area contributed by atoms with Gasteiger partial charge in [-0.2, -0.15) is 4.52 Å². The van der Waals surface area contributed by atoms with Crippen LogP contribution in [0.15, 0.2) is 34.9 Å². The molecule has 2 heterocycles. The Labute approximate surface area is 129 Å². The first kappa shape index (κ1) is 14.0. The standard InChI is InChI=1S/C13H13N5OS2/c1-9-4-2-3-5-10(9)15-11(19)6-7-20-13-17-18-8-14-16-12(18)21-13/h2-5,8H,6-7H2,1H3,(H,15,19). The van der Waals surface area contributed by atoms with Crippen LogP contribution in [0.2, 0.25) is 0 Å². The molecule has 1 aromatic carbocycles. The summed E-state index contributed by atoms with van der Waals surface area (Å²) < 4.78 is 2.53. The molecule has 1 N–H and O–H groups in total. The molecule has 1 amide bonds. The molecular formula is C13H13N5OS2. The first-order chi connectivity index (χ1) is 10.2. The van der Waals surface area contributed by atoms with E-state index in [4.69, 9.17) is 0 Å². The maximum atomic E-state index is 11.9. The van der Waals surface area contributed by atoms with Gasteiger partial charge in [-0.3, -0.25) is 4.79 Å². The Morgan fingerprint density at radius 3 is 3.10 bits per heavy atom. The van der Waals surface area contributed by atoms with Crippen molar-refractivity contribution in [2.75, 3.05) is 11.1 Å². The largest absolute Gasteiger partial charge is 0.326 e. The van der Waals surface area contributed by atoms with Crippen LogP contribution in [0.4, 0.5) is 5.69 Å². The van der Waals surface area contributed by atoms with Crippen molar-refractivity contribution in [3.63, 3.8) is 0 Å². The Morgan fingerprint density at radius 1 is 1.43 bits per heavy atom. The molecule has 0 aliphatic carbocycles. The van der Waals surface area contributed by atoms with Gasteiger partial charge in [0.2, 0.25) is 10.9 Å². The highest BCUT2D eigenvalue weighted by Crippen LogP contribution is 2.24. The van der Waals surface area contributed by atoms with Crippen molar-refractivity contribution >= 4 is 39.7 Å². The van der Waals surface area contributed by atoms with E-state index in [-0.39, 0.29) is 5.91 Å². The predicted molar refractivity (Wildman–Crippen MR) is 83.8 cm³/mol. The number of anilines is 1. The van der Waals surface area contributed by atoms with Crippen LogP contribution in [0.25, 0.3) is 4.96 Å². The number of fused-ring (bicyclic) bond motifs is 1. The average Bonchev–Trinajstić information content (AvgIpc) is 3.02. The minimum atomic E-state index is 0.0137. The van der Waals surface area contributed by atoms with Crippen LogP contribution >= 0.6 is 23.1 Å². The summed E-state index contributed by atoms with van der Waals surface area (Å²) in [6.45, 7) is 1.98. The highest BCUT2D eigenvalue weighted by atomic mass is 32.2. The monoisotopic (exact) mass is 319 g/mol. The van der Waals surface area contributed by atoms with E-state index in [1.54, 1.807) is 22.6 Å². The maximum Gasteiger partial charge on any atom is 0.235 e. The van der Waals surface area contributed by atoms with Crippen LogP contribution in [0.5, 0.6) is 0 Å². The van der Waals surface area contributed by atoms with Gasteiger partial charge in [0.25, 0.3) is 0 Å². The van der Waals surface area contributed by atoms with Gasteiger partial charge >= 0.3 is 0 Å². The Balaban J connectivity index is 1.50. The Bertz CT molecular complexity index is 738. The fourth-order valence-electron chi connectivity index (χ4n) is 1.76. The molecule has 0 aliphatic rings. The average molecular weight is 319 g/mol. The maximum absolute atomic E-state index is 11.9. The van der Waals surface area contributed by atoms with Gasteiger partial charge in [0.1, 0.15) is 6.33 Å². The molecule has 0 unspecified atom stereocenters.